The Hall–Kier alpha value is -3.39. The molecule has 0 radical (unpaired) electrons. The summed E-state index contributed by atoms with van der Waals surface area (Å²) in [5.74, 6) is -0.0812. The number of esters is 1. The van der Waals surface area contributed by atoms with E-state index in [0.717, 1.165) is 27.5 Å². The number of nitrogens with zero attached hydrogens (tertiary/aromatic N) is 2. The smallest absolute Gasteiger partial charge is 0.310 e. The maximum absolute atomic E-state index is 12.8. The van der Waals surface area contributed by atoms with Crippen molar-refractivity contribution >= 4 is 16.7 Å². The second-order valence-electron chi connectivity index (χ2n) is 7.80. The molecule has 8 nitrogen and oxygen atoms in total. The molecule has 8 heteroatoms. The van der Waals surface area contributed by atoms with Gasteiger partial charge in [0, 0.05) is 22.6 Å². The summed E-state index contributed by atoms with van der Waals surface area (Å²) in [6.45, 7) is 0.178. The highest BCUT2D eigenvalue weighted by Crippen LogP contribution is 2.53. The number of benzene rings is 2. The van der Waals surface area contributed by atoms with Gasteiger partial charge in [0.15, 0.2) is 11.5 Å². The zero-order chi connectivity index (χ0) is 21.7. The predicted molar refractivity (Wildman–Crippen MR) is 110 cm³/mol. The van der Waals surface area contributed by atoms with Gasteiger partial charge < -0.3 is 24.1 Å². The monoisotopic (exact) mass is 422 g/mol. The van der Waals surface area contributed by atoms with E-state index < -0.39 is 12.0 Å². The van der Waals surface area contributed by atoms with Crippen LogP contribution >= 0.6 is 0 Å². The third kappa shape index (κ3) is 2.90. The molecule has 2 aromatic carbocycles. The van der Waals surface area contributed by atoms with Gasteiger partial charge in [-0.1, -0.05) is 0 Å². The molecule has 5 rings (SSSR count). The molecule has 0 bridgehead atoms. The number of carbonyl (C=O) groups excluding carboxylic acids is 1. The highest BCUT2D eigenvalue weighted by atomic mass is 16.5. The molecule has 0 saturated carbocycles. The number of carbonyl (C=O) groups is 1. The van der Waals surface area contributed by atoms with E-state index in [1.54, 1.807) is 33.7 Å². The van der Waals surface area contributed by atoms with Crippen molar-refractivity contribution in [1.82, 2.24) is 10.2 Å². The van der Waals surface area contributed by atoms with Crippen LogP contribution in [-0.4, -0.2) is 49.2 Å². The molecule has 1 fully saturated rings. The first-order valence-corrected chi connectivity index (χ1v) is 9.96. The van der Waals surface area contributed by atoms with E-state index in [-0.39, 0.29) is 24.4 Å². The van der Waals surface area contributed by atoms with Gasteiger partial charge in [0.2, 0.25) is 5.75 Å². The fourth-order valence-corrected chi connectivity index (χ4v) is 4.92. The van der Waals surface area contributed by atoms with Gasteiger partial charge in [-0.2, -0.15) is 10.2 Å². The van der Waals surface area contributed by atoms with Gasteiger partial charge in [0.25, 0.3) is 0 Å². The van der Waals surface area contributed by atoms with E-state index in [4.69, 9.17) is 18.9 Å². The van der Waals surface area contributed by atoms with Crippen LogP contribution in [0.2, 0.25) is 0 Å². The van der Waals surface area contributed by atoms with Gasteiger partial charge in [-0.15, -0.1) is 0 Å². The Balaban J connectivity index is 1.78. The first-order valence-electron chi connectivity index (χ1n) is 9.96. The standard InChI is InChI=1S/C23H22N2O6/c1-28-17-6-11(7-18(29-2)22(17)30-3)19-14-4-12-8-24-25-9-13(12)5-15(14)21(26)16-10-31-23(27)20(16)19/h4-9,16,19-21,26H,10H2,1-3H3/t16-,19+,20-,21-/m0/s1. The van der Waals surface area contributed by atoms with Crippen molar-refractivity contribution in [3.05, 3.63) is 53.3 Å². The fourth-order valence-electron chi connectivity index (χ4n) is 4.92. The summed E-state index contributed by atoms with van der Waals surface area (Å²) in [4.78, 5) is 12.8. The topological polar surface area (TPSA) is 100 Å². The lowest BCUT2D eigenvalue weighted by atomic mass is 9.66. The van der Waals surface area contributed by atoms with Crippen LogP contribution in [0.1, 0.15) is 28.7 Å². The Morgan fingerprint density at radius 1 is 0.935 bits per heavy atom. The summed E-state index contributed by atoms with van der Waals surface area (Å²) in [7, 11) is 4.65. The molecule has 1 saturated heterocycles. The number of hydrogen-bond acceptors (Lipinski definition) is 8. The van der Waals surface area contributed by atoms with Crippen LogP contribution < -0.4 is 14.2 Å². The van der Waals surface area contributed by atoms with Crippen LogP contribution in [0.15, 0.2) is 36.7 Å². The van der Waals surface area contributed by atoms with Gasteiger partial charge in [-0.3, -0.25) is 4.79 Å². The Labute approximate surface area is 178 Å². The number of cyclic esters (lactones) is 1. The van der Waals surface area contributed by atoms with E-state index >= 15 is 0 Å². The zero-order valence-electron chi connectivity index (χ0n) is 17.4. The quantitative estimate of drug-likeness (QED) is 0.641. The van der Waals surface area contributed by atoms with Gasteiger partial charge in [-0.05, 0) is 41.0 Å². The summed E-state index contributed by atoms with van der Waals surface area (Å²) in [5.41, 5.74) is 2.43. The minimum Gasteiger partial charge on any atom is -0.493 e. The molecule has 160 valence electrons. The number of aliphatic hydroxyl groups excluding tert-OH is 1. The van der Waals surface area contributed by atoms with Crippen LogP contribution in [0.3, 0.4) is 0 Å². The van der Waals surface area contributed by atoms with E-state index in [1.807, 2.05) is 24.3 Å². The number of ether oxygens (including phenoxy) is 4. The zero-order valence-corrected chi connectivity index (χ0v) is 17.4. The van der Waals surface area contributed by atoms with Gasteiger partial charge in [-0.25, -0.2) is 0 Å². The fraction of sp³-hybridized carbons (Fsp3) is 0.348. The number of hydrogen-bond donors (Lipinski definition) is 1. The molecule has 2 aliphatic rings. The molecule has 1 aromatic heterocycles. The first kappa shape index (κ1) is 19.6. The van der Waals surface area contributed by atoms with Crippen LogP contribution in [0.5, 0.6) is 17.2 Å². The highest BCUT2D eigenvalue weighted by Gasteiger charge is 2.51. The van der Waals surface area contributed by atoms with Gasteiger partial charge >= 0.3 is 5.97 Å². The lowest BCUT2D eigenvalue weighted by Gasteiger charge is -2.37. The predicted octanol–water partition coefficient (Wildman–Crippen LogP) is 2.62. The molecule has 31 heavy (non-hydrogen) atoms. The Bertz CT molecular complexity index is 1150. The van der Waals surface area contributed by atoms with Crippen LogP contribution in [0, 0.1) is 11.8 Å². The average molecular weight is 422 g/mol. The normalized spacial score (nSPS) is 24.3. The maximum atomic E-state index is 12.8. The van der Waals surface area contributed by atoms with Crippen molar-refractivity contribution in [2.45, 2.75) is 12.0 Å². The van der Waals surface area contributed by atoms with Crippen molar-refractivity contribution in [1.29, 1.82) is 0 Å². The highest BCUT2D eigenvalue weighted by molar-refractivity contribution is 5.85. The molecular formula is C23H22N2O6. The lowest BCUT2D eigenvalue weighted by molar-refractivity contribution is -0.141. The molecule has 0 amide bonds. The minimum atomic E-state index is -0.817. The molecule has 1 aliphatic heterocycles. The number of rotatable bonds is 4. The van der Waals surface area contributed by atoms with Crippen molar-refractivity contribution in [2.75, 3.05) is 27.9 Å². The number of fused-ring (bicyclic) bond motifs is 3. The molecule has 0 spiro atoms. The first-order chi connectivity index (χ1) is 15.1. The molecule has 4 atom stereocenters. The molecular weight excluding hydrogens is 400 g/mol. The summed E-state index contributed by atoms with van der Waals surface area (Å²) < 4.78 is 21.9. The van der Waals surface area contributed by atoms with Crippen molar-refractivity contribution < 1.29 is 28.8 Å². The Morgan fingerprint density at radius 2 is 1.55 bits per heavy atom. The van der Waals surface area contributed by atoms with Crippen molar-refractivity contribution in [3.63, 3.8) is 0 Å². The molecule has 3 aromatic rings. The molecule has 2 heterocycles. The number of aliphatic hydroxyl groups is 1. The summed E-state index contributed by atoms with van der Waals surface area (Å²) in [5, 5.41) is 20.8. The van der Waals surface area contributed by atoms with Crippen molar-refractivity contribution in [3.8, 4) is 17.2 Å². The van der Waals surface area contributed by atoms with Crippen LogP contribution in [0.25, 0.3) is 10.8 Å². The maximum Gasteiger partial charge on any atom is 0.310 e. The number of aromatic nitrogens is 2. The second-order valence-corrected chi connectivity index (χ2v) is 7.80. The summed E-state index contributed by atoms with van der Waals surface area (Å²) in [6, 6.07) is 7.60. The summed E-state index contributed by atoms with van der Waals surface area (Å²) >= 11 is 0. The van der Waals surface area contributed by atoms with E-state index in [9.17, 15) is 9.90 Å². The third-order valence-electron chi connectivity index (χ3n) is 6.37. The van der Waals surface area contributed by atoms with Crippen molar-refractivity contribution in [2.24, 2.45) is 11.8 Å². The van der Waals surface area contributed by atoms with Gasteiger partial charge in [0.05, 0.1) is 52.4 Å². The number of methoxy groups -OCH3 is 3. The van der Waals surface area contributed by atoms with E-state index in [0.29, 0.717) is 17.2 Å². The lowest BCUT2D eigenvalue weighted by Crippen LogP contribution is -2.34. The summed E-state index contributed by atoms with van der Waals surface area (Å²) in [6.07, 6.45) is 2.52. The largest absolute Gasteiger partial charge is 0.493 e. The van der Waals surface area contributed by atoms with Crippen LogP contribution in [0.4, 0.5) is 0 Å². The SMILES string of the molecule is COc1cc([C@@H]2c3cc4cnncc4cc3[C@H](O)[C@H]3COC(=O)[C@H]23)cc(OC)c1OC. The van der Waals surface area contributed by atoms with Crippen LogP contribution in [-0.2, 0) is 9.53 Å². The second kappa shape index (κ2) is 7.39. The molecule has 0 unspecified atom stereocenters. The van der Waals surface area contributed by atoms with Gasteiger partial charge in [0.1, 0.15) is 0 Å². The third-order valence-corrected chi connectivity index (χ3v) is 6.37. The molecule has 1 N–H and O–H groups in total. The average Bonchev–Trinajstić information content (AvgIpc) is 3.19. The van der Waals surface area contributed by atoms with E-state index in [2.05, 4.69) is 10.2 Å². The Kier molecular flexibility index (Phi) is 4.66. The Morgan fingerprint density at radius 3 is 2.13 bits per heavy atom. The minimum absolute atomic E-state index is 0.178. The van der Waals surface area contributed by atoms with E-state index in [1.165, 1.54) is 0 Å². The molecule has 1 aliphatic carbocycles.